The number of hydrogen-bond acceptors (Lipinski definition) is 2. The van der Waals surface area contributed by atoms with Crippen LogP contribution in [0, 0.1) is 17.2 Å². The number of ether oxygens (including phenoxy) is 1. The van der Waals surface area contributed by atoms with Crippen LogP contribution < -0.4 is 10.5 Å². The van der Waals surface area contributed by atoms with Gasteiger partial charge in [0, 0.05) is 12.1 Å². The van der Waals surface area contributed by atoms with Crippen LogP contribution in [0.3, 0.4) is 0 Å². The van der Waals surface area contributed by atoms with Crippen LogP contribution in [0.5, 0.6) is 5.75 Å². The van der Waals surface area contributed by atoms with E-state index in [1.807, 2.05) is 0 Å². The molecule has 0 amide bonds. The minimum absolute atomic E-state index is 0.0141. The van der Waals surface area contributed by atoms with Gasteiger partial charge in [-0.15, -0.1) is 0 Å². The van der Waals surface area contributed by atoms with Gasteiger partial charge in [0.05, 0.1) is 0 Å². The molecule has 0 saturated heterocycles. The summed E-state index contributed by atoms with van der Waals surface area (Å²) in [6.45, 7) is 6.77. The molecule has 106 valence electrons. The lowest BCUT2D eigenvalue weighted by Gasteiger charge is -2.40. The second-order valence-electron chi connectivity index (χ2n) is 6.65. The van der Waals surface area contributed by atoms with E-state index < -0.39 is 0 Å². The lowest BCUT2D eigenvalue weighted by molar-refractivity contribution is 0.0590. The molecular formula is C16H24FNO. The fourth-order valence-corrected chi connectivity index (χ4v) is 2.79. The van der Waals surface area contributed by atoms with Crippen LogP contribution in [0.1, 0.15) is 40.0 Å². The monoisotopic (exact) mass is 265 g/mol. The summed E-state index contributed by atoms with van der Waals surface area (Å²) in [4.78, 5) is 0. The van der Waals surface area contributed by atoms with E-state index in [9.17, 15) is 4.39 Å². The van der Waals surface area contributed by atoms with Crippen LogP contribution in [0.2, 0.25) is 0 Å². The molecule has 1 aromatic rings. The molecule has 1 aliphatic carbocycles. The maximum atomic E-state index is 13.2. The van der Waals surface area contributed by atoms with E-state index in [1.54, 1.807) is 12.1 Å². The maximum Gasteiger partial charge on any atom is 0.126 e. The molecule has 0 spiro atoms. The second kappa shape index (κ2) is 5.49. The van der Waals surface area contributed by atoms with Crippen molar-refractivity contribution in [2.24, 2.45) is 17.1 Å². The first-order valence-corrected chi connectivity index (χ1v) is 7.04. The van der Waals surface area contributed by atoms with Gasteiger partial charge in [0.15, 0.2) is 0 Å². The highest BCUT2D eigenvalue weighted by Gasteiger charge is 2.35. The molecule has 3 unspecified atom stereocenters. The lowest BCUT2D eigenvalue weighted by atomic mass is 9.70. The van der Waals surface area contributed by atoms with Crippen molar-refractivity contribution in [1.82, 2.24) is 0 Å². The highest BCUT2D eigenvalue weighted by molar-refractivity contribution is 5.23. The average Bonchev–Trinajstić information content (AvgIpc) is 2.30. The first-order chi connectivity index (χ1) is 8.86. The highest BCUT2D eigenvalue weighted by Crippen LogP contribution is 2.38. The molecule has 1 aromatic carbocycles. The van der Waals surface area contributed by atoms with Crippen molar-refractivity contribution in [1.29, 1.82) is 0 Å². The zero-order valence-corrected chi connectivity index (χ0v) is 12.0. The Bertz CT molecular complexity index is 427. The van der Waals surface area contributed by atoms with Crippen LogP contribution >= 0.6 is 0 Å². The zero-order chi connectivity index (χ0) is 14.0. The first kappa shape index (κ1) is 14.3. The van der Waals surface area contributed by atoms with Gasteiger partial charge in [0.1, 0.15) is 17.7 Å². The van der Waals surface area contributed by atoms with E-state index >= 15 is 0 Å². The Labute approximate surface area is 115 Å². The number of hydrogen-bond donors (Lipinski definition) is 1. The predicted molar refractivity (Wildman–Crippen MR) is 75.6 cm³/mol. The molecule has 1 fully saturated rings. The summed E-state index contributed by atoms with van der Waals surface area (Å²) in [6, 6.07) is 6.34. The number of rotatable bonds is 2. The minimum atomic E-state index is -0.269. The van der Waals surface area contributed by atoms with Gasteiger partial charge < -0.3 is 10.5 Å². The smallest absolute Gasteiger partial charge is 0.126 e. The quantitative estimate of drug-likeness (QED) is 0.884. The molecule has 2 rings (SSSR count). The van der Waals surface area contributed by atoms with Crippen molar-refractivity contribution in [3.05, 3.63) is 30.1 Å². The molecule has 0 aromatic heterocycles. The van der Waals surface area contributed by atoms with Crippen LogP contribution in [0.4, 0.5) is 4.39 Å². The molecule has 0 heterocycles. The third-order valence-electron chi connectivity index (χ3n) is 4.15. The largest absolute Gasteiger partial charge is 0.489 e. The molecule has 3 atom stereocenters. The van der Waals surface area contributed by atoms with Gasteiger partial charge in [0.25, 0.3) is 0 Å². The standard InChI is InChI=1S/C16H24FNO/c1-16(2,3)11-7-8-14(18)15(9-11)19-13-6-4-5-12(17)10-13/h4-6,10-11,14-15H,7-9,18H2,1-3H3. The van der Waals surface area contributed by atoms with Crippen molar-refractivity contribution in [2.75, 3.05) is 0 Å². The third-order valence-corrected chi connectivity index (χ3v) is 4.15. The Morgan fingerprint density at radius 3 is 2.63 bits per heavy atom. The molecular weight excluding hydrogens is 241 g/mol. The van der Waals surface area contributed by atoms with Crippen LogP contribution in [0.15, 0.2) is 24.3 Å². The molecule has 0 aliphatic heterocycles. The van der Waals surface area contributed by atoms with Gasteiger partial charge in [-0.3, -0.25) is 0 Å². The Morgan fingerprint density at radius 1 is 1.26 bits per heavy atom. The Hall–Kier alpha value is -1.09. The Balaban J connectivity index is 2.05. The van der Waals surface area contributed by atoms with Gasteiger partial charge in [-0.05, 0) is 42.7 Å². The fraction of sp³-hybridized carbons (Fsp3) is 0.625. The average molecular weight is 265 g/mol. The SMILES string of the molecule is CC(C)(C)C1CCC(N)C(Oc2cccc(F)c2)C1. The summed E-state index contributed by atoms with van der Waals surface area (Å²) in [7, 11) is 0. The summed E-state index contributed by atoms with van der Waals surface area (Å²) >= 11 is 0. The topological polar surface area (TPSA) is 35.2 Å². The minimum Gasteiger partial charge on any atom is -0.489 e. The summed E-state index contributed by atoms with van der Waals surface area (Å²) in [5, 5.41) is 0. The maximum absolute atomic E-state index is 13.2. The Kier molecular flexibility index (Phi) is 4.14. The molecule has 3 heteroatoms. The first-order valence-electron chi connectivity index (χ1n) is 7.04. The van der Waals surface area contributed by atoms with Gasteiger partial charge >= 0.3 is 0 Å². The zero-order valence-electron chi connectivity index (χ0n) is 12.0. The van der Waals surface area contributed by atoms with Crippen molar-refractivity contribution < 1.29 is 9.13 Å². The summed E-state index contributed by atoms with van der Waals surface area (Å²) in [5.74, 6) is 0.912. The van der Waals surface area contributed by atoms with E-state index in [4.69, 9.17) is 10.5 Å². The molecule has 2 nitrogen and oxygen atoms in total. The highest BCUT2D eigenvalue weighted by atomic mass is 19.1. The molecule has 19 heavy (non-hydrogen) atoms. The van der Waals surface area contributed by atoms with Crippen molar-refractivity contribution in [3.8, 4) is 5.75 Å². The number of halogens is 1. The van der Waals surface area contributed by atoms with Gasteiger partial charge in [-0.1, -0.05) is 26.8 Å². The fourth-order valence-electron chi connectivity index (χ4n) is 2.79. The molecule has 0 bridgehead atoms. The molecule has 2 N–H and O–H groups in total. The van der Waals surface area contributed by atoms with Crippen molar-refractivity contribution in [3.63, 3.8) is 0 Å². The predicted octanol–water partition coefficient (Wildman–Crippen LogP) is 3.75. The van der Waals surface area contributed by atoms with Gasteiger partial charge in [-0.25, -0.2) is 4.39 Å². The molecule has 1 saturated carbocycles. The van der Waals surface area contributed by atoms with Crippen molar-refractivity contribution in [2.45, 2.75) is 52.2 Å². The Morgan fingerprint density at radius 2 is 2.00 bits per heavy atom. The van der Waals surface area contributed by atoms with Crippen molar-refractivity contribution >= 4 is 0 Å². The van der Waals surface area contributed by atoms with E-state index in [2.05, 4.69) is 20.8 Å². The van der Waals surface area contributed by atoms with Gasteiger partial charge in [0.2, 0.25) is 0 Å². The van der Waals surface area contributed by atoms with Gasteiger partial charge in [-0.2, -0.15) is 0 Å². The normalized spacial score (nSPS) is 28.2. The lowest BCUT2D eigenvalue weighted by Crippen LogP contribution is -2.46. The second-order valence-corrected chi connectivity index (χ2v) is 6.65. The molecule has 1 aliphatic rings. The van der Waals surface area contributed by atoms with Crippen LogP contribution in [-0.2, 0) is 0 Å². The third kappa shape index (κ3) is 3.69. The number of nitrogens with two attached hydrogens (primary N) is 1. The van der Waals surface area contributed by atoms with Crippen LogP contribution in [-0.4, -0.2) is 12.1 Å². The molecule has 0 radical (unpaired) electrons. The summed E-state index contributed by atoms with van der Waals surface area (Å²) in [6.07, 6.45) is 3.05. The van der Waals surface area contributed by atoms with E-state index in [-0.39, 0.29) is 23.4 Å². The van der Waals surface area contributed by atoms with E-state index in [0.717, 1.165) is 19.3 Å². The number of benzene rings is 1. The summed E-state index contributed by atoms with van der Waals surface area (Å²) in [5.41, 5.74) is 6.42. The van der Waals surface area contributed by atoms with E-state index in [1.165, 1.54) is 12.1 Å². The van der Waals surface area contributed by atoms with E-state index in [0.29, 0.717) is 11.7 Å². The van der Waals surface area contributed by atoms with Crippen LogP contribution in [0.25, 0.3) is 0 Å². The summed E-state index contributed by atoms with van der Waals surface area (Å²) < 4.78 is 19.1.